The zero-order chi connectivity index (χ0) is 16.5. The summed E-state index contributed by atoms with van der Waals surface area (Å²) in [6.07, 6.45) is 0. The largest absolute Gasteiger partial charge is 0.398 e. The molecule has 0 bridgehead atoms. The van der Waals surface area contributed by atoms with Crippen LogP contribution >= 0.6 is 0 Å². The van der Waals surface area contributed by atoms with Crippen LogP contribution in [0.15, 0.2) is 28.0 Å². The van der Waals surface area contributed by atoms with Gasteiger partial charge in [-0.3, -0.25) is 9.11 Å². The van der Waals surface area contributed by atoms with E-state index in [9.17, 15) is 25.3 Å². The van der Waals surface area contributed by atoms with Gasteiger partial charge in [0, 0.05) is 0 Å². The first-order chi connectivity index (χ1) is 9.33. The monoisotopic (exact) mass is 361 g/mol. The Bertz CT molecular complexity index is 839. The molecular formula is C8H11NO9S3. The van der Waals surface area contributed by atoms with E-state index in [1.54, 1.807) is 0 Å². The molecule has 0 aliphatic carbocycles. The first-order valence-electron chi connectivity index (χ1n) is 5.04. The van der Waals surface area contributed by atoms with Crippen molar-refractivity contribution in [2.24, 2.45) is 0 Å². The number of nitrogens with two attached hydrogens (primary N) is 1. The second-order valence-corrected chi connectivity index (χ2v) is 8.33. The zero-order valence-corrected chi connectivity index (χ0v) is 12.7. The van der Waals surface area contributed by atoms with Gasteiger partial charge < -0.3 is 5.73 Å². The number of benzene rings is 1. The van der Waals surface area contributed by atoms with Crippen LogP contribution in [0.2, 0.25) is 0 Å². The number of rotatable bonds is 6. The van der Waals surface area contributed by atoms with Gasteiger partial charge in [0.15, 0.2) is 9.84 Å². The average molecular weight is 361 g/mol. The van der Waals surface area contributed by atoms with E-state index in [1.165, 1.54) is 0 Å². The summed E-state index contributed by atoms with van der Waals surface area (Å²) >= 11 is 0. The summed E-state index contributed by atoms with van der Waals surface area (Å²) in [5.74, 6) is -0.846. The standard InChI is InChI=1S/C8H11NO9S3/c9-7-2-1-6(5-8(7)20(12,13)14)19(10,11)4-3-18-21(15,16)17/h1-2,5H,3-4,9H2,(H,12,13,14)(H,15,16,17). The van der Waals surface area contributed by atoms with Gasteiger partial charge in [-0.2, -0.15) is 16.8 Å². The molecule has 0 fully saturated rings. The van der Waals surface area contributed by atoms with Crippen LogP contribution in [-0.2, 0) is 34.5 Å². The van der Waals surface area contributed by atoms with E-state index in [4.69, 9.17) is 14.8 Å². The van der Waals surface area contributed by atoms with E-state index in [0.29, 0.717) is 6.07 Å². The molecule has 0 heterocycles. The molecule has 0 saturated heterocycles. The van der Waals surface area contributed by atoms with E-state index in [2.05, 4.69) is 4.18 Å². The van der Waals surface area contributed by atoms with Gasteiger partial charge in [0.2, 0.25) is 0 Å². The molecule has 10 nitrogen and oxygen atoms in total. The molecule has 0 saturated carbocycles. The molecule has 1 aromatic carbocycles. The molecule has 0 spiro atoms. The Morgan fingerprint density at radius 2 is 1.62 bits per heavy atom. The lowest BCUT2D eigenvalue weighted by Gasteiger charge is -2.07. The minimum atomic E-state index is -4.79. The van der Waals surface area contributed by atoms with E-state index in [-0.39, 0.29) is 5.69 Å². The zero-order valence-electron chi connectivity index (χ0n) is 10.2. The van der Waals surface area contributed by atoms with E-state index in [0.717, 1.165) is 12.1 Å². The summed E-state index contributed by atoms with van der Waals surface area (Å²) in [5.41, 5.74) is 4.95. The van der Waals surface area contributed by atoms with Crippen molar-refractivity contribution in [1.29, 1.82) is 0 Å². The van der Waals surface area contributed by atoms with Crippen LogP contribution in [0, 0.1) is 0 Å². The molecule has 4 N–H and O–H groups in total. The SMILES string of the molecule is Nc1ccc(S(=O)(=O)CCOS(=O)(=O)O)cc1S(=O)(=O)O. The molecule has 120 valence electrons. The number of nitrogen functional groups attached to an aromatic ring is 1. The molecule has 21 heavy (non-hydrogen) atoms. The summed E-state index contributed by atoms with van der Waals surface area (Å²) in [6, 6.07) is 2.57. The lowest BCUT2D eigenvalue weighted by molar-refractivity contribution is 0.284. The highest BCUT2D eigenvalue weighted by molar-refractivity contribution is 7.91. The van der Waals surface area contributed by atoms with Crippen molar-refractivity contribution in [2.75, 3.05) is 18.1 Å². The van der Waals surface area contributed by atoms with Crippen LogP contribution in [-0.4, -0.2) is 46.7 Å². The Kier molecular flexibility index (Phi) is 4.97. The van der Waals surface area contributed by atoms with Crippen molar-refractivity contribution in [2.45, 2.75) is 9.79 Å². The van der Waals surface area contributed by atoms with Crippen LogP contribution in [0.3, 0.4) is 0 Å². The normalized spacial score (nSPS) is 13.2. The Hall–Kier alpha value is -1.25. The summed E-state index contributed by atoms with van der Waals surface area (Å²) < 4.78 is 87.4. The summed E-state index contributed by atoms with van der Waals surface area (Å²) in [5, 5.41) is 0. The molecule has 0 aromatic heterocycles. The maximum Gasteiger partial charge on any atom is 0.397 e. The predicted octanol–water partition coefficient (Wildman–Crippen LogP) is -0.891. The van der Waals surface area contributed by atoms with E-state index in [1.807, 2.05) is 0 Å². The van der Waals surface area contributed by atoms with Crippen molar-refractivity contribution in [3.63, 3.8) is 0 Å². The van der Waals surface area contributed by atoms with Gasteiger partial charge in [0.05, 0.1) is 22.9 Å². The maximum atomic E-state index is 11.8. The first kappa shape index (κ1) is 17.8. The van der Waals surface area contributed by atoms with Crippen molar-refractivity contribution < 1.29 is 38.5 Å². The molecular weight excluding hydrogens is 350 g/mol. The molecule has 0 unspecified atom stereocenters. The van der Waals surface area contributed by atoms with Crippen LogP contribution in [0.4, 0.5) is 5.69 Å². The van der Waals surface area contributed by atoms with Gasteiger partial charge in [-0.05, 0) is 18.2 Å². The number of sulfone groups is 1. The molecule has 1 aromatic rings. The average Bonchev–Trinajstić information content (AvgIpc) is 2.25. The highest BCUT2D eigenvalue weighted by atomic mass is 32.3. The Balaban J connectivity index is 3.10. The van der Waals surface area contributed by atoms with Crippen LogP contribution < -0.4 is 5.73 Å². The van der Waals surface area contributed by atoms with E-state index >= 15 is 0 Å². The van der Waals surface area contributed by atoms with Crippen LogP contribution in [0.1, 0.15) is 0 Å². The lowest BCUT2D eigenvalue weighted by atomic mass is 10.3. The molecule has 0 radical (unpaired) electrons. The minimum Gasteiger partial charge on any atom is -0.398 e. The second kappa shape index (κ2) is 5.86. The molecule has 0 atom stereocenters. The summed E-state index contributed by atoms with van der Waals surface area (Å²) in [4.78, 5) is -1.30. The Morgan fingerprint density at radius 3 is 2.10 bits per heavy atom. The highest BCUT2D eigenvalue weighted by Gasteiger charge is 2.21. The number of hydrogen-bond donors (Lipinski definition) is 3. The minimum absolute atomic E-state index is 0.356. The fraction of sp³-hybridized carbons (Fsp3) is 0.250. The van der Waals surface area contributed by atoms with Gasteiger partial charge in [-0.1, -0.05) is 0 Å². The summed E-state index contributed by atoms with van der Waals surface area (Å²) in [6.45, 7) is -0.868. The third kappa shape index (κ3) is 5.22. The Morgan fingerprint density at radius 1 is 1.05 bits per heavy atom. The lowest BCUT2D eigenvalue weighted by Crippen LogP contribution is -2.16. The third-order valence-electron chi connectivity index (χ3n) is 2.21. The van der Waals surface area contributed by atoms with Gasteiger partial charge >= 0.3 is 10.4 Å². The number of hydrogen-bond acceptors (Lipinski definition) is 8. The third-order valence-corrected chi connectivity index (χ3v) is 5.26. The quantitative estimate of drug-likeness (QED) is 0.425. The van der Waals surface area contributed by atoms with Crippen LogP contribution in [0.5, 0.6) is 0 Å². The maximum absolute atomic E-state index is 11.8. The van der Waals surface area contributed by atoms with E-state index < -0.39 is 52.5 Å². The van der Waals surface area contributed by atoms with Gasteiger partial charge in [0.1, 0.15) is 4.90 Å². The second-order valence-electron chi connectivity index (χ2n) is 3.74. The smallest absolute Gasteiger partial charge is 0.397 e. The molecule has 1 rings (SSSR count). The molecule has 0 aliphatic rings. The molecule has 13 heteroatoms. The van der Waals surface area contributed by atoms with Crippen molar-refractivity contribution >= 4 is 36.0 Å². The van der Waals surface area contributed by atoms with Crippen molar-refractivity contribution in [3.05, 3.63) is 18.2 Å². The predicted molar refractivity (Wildman–Crippen MR) is 70.2 cm³/mol. The number of anilines is 1. The molecule has 0 amide bonds. The highest BCUT2D eigenvalue weighted by Crippen LogP contribution is 2.23. The van der Waals surface area contributed by atoms with Crippen molar-refractivity contribution in [3.8, 4) is 0 Å². The fourth-order valence-corrected chi connectivity index (χ4v) is 3.53. The molecule has 0 aliphatic heterocycles. The Labute approximate surface area is 121 Å². The first-order valence-corrected chi connectivity index (χ1v) is 9.50. The topological polar surface area (TPSA) is 178 Å². The van der Waals surface area contributed by atoms with Crippen molar-refractivity contribution in [1.82, 2.24) is 0 Å². The van der Waals surface area contributed by atoms with Gasteiger partial charge in [-0.25, -0.2) is 12.6 Å². The van der Waals surface area contributed by atoms with Gasteiger partial charge in [-0.15, -0.1) is 0 Å². The summed E-state index contributed by atoms with van der Waals surface area (Å²) in [7, 11) is -13.6. The fourth-order valence-electron chi connectivity index (χ4n) is 1.30. The van der Waals surface area contributed by atoms with Crippen LogP contribution in [0.25, 0.3) is 0 Å². The van der Waals surface area contributed by atoms with Gasteiger partial charge in [0.25, 0.3) is 10.1 Å².